The molecule has 0 spiro atoms. The van der Waals surface area contributed by atoms with Crippen LogP contribution in [0.5, 0.6) is 0 Å². The fraction of sp³-hybridized carbons (Fsp3) is 0.286. The minimum atomic E-state index is -0.425. The van der Waals surface area contributed by atoms with E-state index in [0.29, 0.717) is 6.42 Å². The van der Waals surface area contributed by atoms with Gasteiger partial charge in [0, 0.05) is 12.6 Å². The van der Waals surface area contributed by atoms with Gasteiger partial charge >= 0.3 is 0 Å². The van der Waals surface area contributed by atoms with E-state index in [4.69, 9.17) is 0 Å². The molecule has 0 aliphatic carbocycles. The van der Waals surface area contributed by atoms with Crippen LogP contribution in [-0.4, -0.2) is 15.8 Å². The van der Waals surface area contributed by atoms with Gasteiger partial charge in [0.1, 0.15) is 0 Å². The molecule has 5 heteroatoms. The number of carbonyl (C=O) groups is 1. The second kappa shape index (κ2) is 3.44. The van der Waals surface area contributed by atoms with Crippen molar-refractivity contribution in [3.8, 4) is 0 Å². The third-order valence-corrected chi connectivity index (χ3v) is 1.66. The molecule has 0 radical (unpaired) electrons. The molecule has 12 heavy (non-hydrogen) atoms. The smallest absolute Gasteiger partial charge is 0.262 e. The van der Waals surface area contributed by atoms with Crippen LogP contribution in [0, 0.1) is 4.77 Å². The summed E-state index contributed by atoms with van der Waals surface area (Å²) in [7, 11) is 0. The van der Waals surface area contributed by atoms with Gasteiger partial charge in [0.05, 0.1) is 5.56 Å². The summed E-state index contributed by atoms with van der Waals surface area (Å²) in [6.07, 6.45) is 1.65. The van der Waals surface area contributed by atoms with Crippen LogP contribution >= 0.6 is 12.2 Å². The van der Waals surface area contributed by atoms with Gasteiger partial charge in [0.25, 0.3) is 5.56 Å². The quantitative estimate of drug-likeness (QED) is 0.533. The highest BCUT2D eigenvalue weighted by molar-refractivity contribution is 7.71. The zero-order valence-electron chi connectivity index (χ0n) is 6.51. The molecule has 0 aromatic carbocycles. The molecule has 4 nitrogen and oxygen atoms in total. The normalized spacial score (nSPS) is 9.75. The Kier molecular flexibility index (Phi) is 2.54. The first-order chi connectivity index (χ1) is 5.65. The first-order valence-corrected chi connectivity index (χ1v) is 3.91. The molecule has 1 aromatic heterocycles. The summed E-state index contributed by atoms with van der Waals surface area (Å²) < 4.78 is 0.229. The van der Waals surface area contributed by atoms with E-state index in [1.54, 1.807) is 6.92 Å². The van der Waals surface area contributed by atoms with Crippen LogP contribution in [0.2, 0.25) is 0 Å². The predicted molar refractivity (Wildman–Crippen MR) is 46.9 cm³/mol. The van der Waals surface area contributed by atoms with Crippen molar-refractivity contribution in [2.24, 2.45) is 0 Å². The molecular formula is C7H8N2O2S. The number of carbonyl (C=O) groups excluding carboxylic acids is 1. The van der Waals surface area contributed by atoms with Gasteiger partial charge in [-0.2, -0.15) is 0 Å². The number of nitrogens with one attached hydrogen (secondary N) is 2. The lowest BCUT2D eigenvalue weighted by atomic mass is 10.2. The van der Waals surface area contributed by atoms with Gasteiger partial charge in [0.2, 0.25) is 0 Å². The number of hydrogen-bond acceptors (Lipinski definition) is 3. The first kappa shape index (κ1) is 8.86. The average Bonchev–Trinajstić information content (AvgIpc) is 2.03. The Morgan fingerprint density at radius 3 is 2.83 bits per heavy atom. The van der Waals surface area contributed by atoms with Gasteiger partial charge in [-0.15, -0.1) is 0 Å². The number of Topliss-reactive ketones (excluding diaryl/α,β-unsaturated/α-hetero) is 1. The van der Waals surface area contributed by atoms with Gasteiger partial charge in [-0.3, -0.25) is 14.6 Å². The highest BCUT2D eigenvalue weighted by Crippen LogP contribution is 1.92. The summed E-state index contributed by atoms with van der Waals surface area (Å²) in [6.45, 7) is 1.70. The second-order valence-corrected chi connectivity index (χ2v) is 2.67. The molecule has 2 N–H and O–H groups in total. The SMILES string of the molecule is CCC(=O)c1c[nH]c(=S)[nH]c1=O. The first-order valence-electron chi connectivity index (χ1n) is 3.50. The van der Waals surface area contributed by atoms with Gasteiger partial charge in [-0.1, -0.05) is 6.92 Å². The molecule has 64 valence electrons. The number of rotatable bonds is 2. The van der Waals surface area contributed by atoms with E-state index in [-0.39, 0.29) is 16.1 Å². The maximum Gasteiger partial charge on any atom is 0.262 e. The largest absolute Gasteiger partial charge is 0.338 e. The number of aromatic nitrogens is 2. The van der Waals surface area contributed by atoms with Crippen molar-refractivity contribution in [3.05, 3.63) is 26.9 Å². The molecule has 0 fully saturated rings. The second-order valence-electron chi connectivity index (χ2n) is 2.26. The third-order valence-electron chi connectivity index (χ3n) is 1.44. The summed E-state index contributed by atoms with van der Waals surface area (Å²) >= 11 is 4.66. The number of hydrogen-bond donors (Lipinski definition) is 2. The summed E-state index contributed by atoms with van der Waals surface area (Å²) in [5, 5.41) is 0. The standard InChI is InChI=1S/C7H8N2O2S/c1-2-5(10)4-3-8-7(12)9-6(4)11/h3H,2H2,1H3,(H2,8,9,11,12). The molecule has 0 unspecified atom stereocenters. The molecular weight excluding hydrogens is 176 g/mol. The number of ketones is 1. The molecule has 0 amide bonds. The maximum atomic E-state index is 11.1. The molecule has 0 bridgehead atoms. The lowest BCUT2D eigenvalue weighted by Crippen LogP contribution is -2.17. The van der Waals surface area contributed by atoms with Crippen LogP contribution in [0.15, 0.2) is 11.0 Å². The highest BCUT2D eigenvalue weighted by atomic mass is 32.1. The molecule has 0 aliphatic rings. The third kappa shape index (κ3) is 1.68. The average molecular weight is 184 g/mol. The fourth-order valence-corrected chi connectivity index (χ4v) is 0.959. The molecule has 0 saturated carbocycles. The van der Waals surface area contributed by atoms with Gasteiger partial charge in [-0.25, -0.2) is 0 Å². The van der Waals surface area contributed by atoms with E-state index >= 15 is 0 Å². The summed E-state index contributed by atoms with van der Waals surface area (Å²) in [4.78, 5) is 27.1. The summed E-state index contributed by atoms with van der Waals surface area (Å²) in [5.74, 6) is -0.192. The number of aromatic amines is 2. The Bertz CT molecular complexity index is 404. The predicted octanol–water partition coefficient (Wildman–Crippen LogP) is 1.03. The van der Waals surface area contributed by atoms with Crippen LogP contribution < -0.4 is 5.56 Å². The van der Waals surface area contributed by atoms with E-state index < -0.39 is 5.56 Å². The zero-order chi connectivity index (χ0) is 9.14. The lowest BCUT2D eigenvalue weighted by molar-refractivity contribution is 0.0986. The van der Waals surface area contributed by atoms with Crippen LogP contribution in [0.3, 0.4) is 0 Å². The Hall–Kier alpha value is -1.23. The monoisotopic (exact) mass is 184 g/mol. The highest BCUT2D eigenvalue weighted by Gasteiger charge is 2.06. The van der Waals surface area contributed by atoms with Crippen molar-refractivity contribution in [1.29, 1.82) is 0 Å². The Morgan fingerprint density at radius 2 is 2.33 bits per heavy atom. The van der Waals surface area contributed by atoms with Gasteiger partial charge in [-0.05, 0) is 12.2 Å². The van der Waals surface area contributed by atoms with Crippen molar-refractivity contribution in [2.75, 3.05) is 0 Å². The van der Waals surface area contributed by atoms with Crippen LogP contribution in [0.4, 0.5) is 0 Å². The Balaban J connectivity index is 3.28. The van der Waals surface area contributed by atoms with E-state index in [9.17, 15) is 9.59 Å². The summed E-state index contributed by atoms with van der Waals surface area (Å²) in [6, 6.07) is 0. The van der Waals surface area contributed by atoms with Crippen molar-refractivity contribution in [1.82, 2.24) is 9.97 Å². The lowest BCUT2D eigenvalue weighted by Gasteiger charge is -1.94. The van der Waals surface area contributed by atoms with Crippen molar-refractivity contribution >= 4 is 18.0 Å². The molecule has 1 aromatic rings. The minimum Gasteiger partial charge on any atom is -0.338 e. The van der Waals surface area contributed by atoms with Crippen LogP contribution in [0.25, 0.3) is 0 Å². The van der Waals surface area contributed by atoms with Crippen molar-refractivity contribution < 1.29 is 4.79 Å². The van der Waals surface area contributed by atoms with E-state index in [2.05, 4.69) is 22.2 Å². The topological polar surface area (TPSA) is 65.7 Å². The Morgan fingerprint density at radius 1 is 1.67 bits per heavy atom. The minimum absolute atomic E-state index is 0.131. The molecule has 0 saturated heterocycles. The van der Waals surface area contributed by atoms with Crippen molar-refractivity contribution in [3.63, 3.8) is 0 Å². The molecule has 0 aliphatic heterocycles. The van der Waals surface area contributed by atoms with Crippen LogP contribution in [0.1, 0.15) is 23.7 Å². The Labute approximate surface area is 73.6 Å². The van der Waals surface area contributed by atoms with Crippen LogP contribution in [-0.2, 0) is 0 Å². The molecule has 1 heterocycles. The number of H-pyrrole nitrogens is 2. The van der Waals surface area contributed by atoms with Gasteiger partial charge < -0.3 is 4.98 Å². The van der Waals surface area contributed by atoms with E-state index in [1.807, 2.05) is 0 Å². The maximum absolute atomic E-state index is 11.1. The zero-order valence-corrected chi connectivity index (χ0v) is 7.33. The summed E-state index contributed by atoms with van der Waals surface area (Å²) in [5.41, 5.74) is -0.295. The van der Waals surface area contributed by atoms with Crippen molar-refractivity contribution in [2.45, 2.75) is 13.3 Å². The molecule has 1 rings (SSSR count). The van der Waals surface area contributed by atoms with E-state index in [1.165, 1.54) is 6.20 Å². The van der Waals surface area contributed by atoms with Gasteiger partial charge in [0.15, 0.2) is 10.6 Å². The fourth-order valence-electron chi connectivity index (χ4n) is 0.807. The van der Waals surface area contributed by atoms with E-state index in [0.717, 1.165) is 0 Å². The molecule has 0 atom stereocenters.